The number of nitrogens with zero attached hydrogens (tertiary/aromatic N) is 3. The summed E-state index contributed by atoms with van der Waals surface area (Å²) in [5.41, 5.74) is 3.68. The third-order valence-electron chi connectivity index (χ3n) is 2.03. The molecular formula is C8H6ClF3N4O. The molecule has 0 aliphatic heterocycles. The van der Waals surface area contributed by atoms with Crippen molar-refractivity contribution in [3.63, 3.8) is 0 Å². The van der Waals surface area contributed by atoms with Gasteiger partial charge in [0.25, 0.3) is 0 Å². The molecule has 0 aliphatic rings. The Labute approximate surface area is 97.9 Å². The van der Waals surface area contributed by atoms with Crippen LogP contribution in [0, 0.1) is 0 Å². The van der Waals surface area contributed by atoms with E-state index in [-0.39, 0.29) is 22.3 Å². The third kappa shape index (κ3) is 1.95. The smallest absolute Gasteiger partial charge is 0.368 e. The van der Waals surface area contributed by atoms with E-state index >= 15 is 0 Å². The highest BCUT2D eigenvalue weighted by molar-refractivity contribution is 6.32. The molecule has 0 saturated heterocycles. The van der Waals surface area contributed by atoms with Gasteiger partial charge < -0.3 is 10.3 Å². The van der Waals surface area contributed by atoms with Crippen molar-refractivity contribution >= 4 is 17.5 Å². The van der Waals surface area contributed by atoms with Crippen molar-refractivity contribution in [3.05, 3.63) is 16.9 Å². The number of hydrogen-bond acceptors (Lipinski definition) is 4. The number of rotatable bonds is 1. The molecule has 0 fully saturated rings. The van der Waals surface area contributed by atoms with Gasteiger partial charge in [-0.2, -0.15) is 18.3 Å². The summed E-state index contributed by atoms with van der Waals surface area (Å²) in [6.45, 7) is 0. The van der Waals surface area contributed by atoms with Crippen LogP contribution in [0.2, 0.25) is 5.15 Å². The first-order valence-corrected chi connectivity index (χ1v) is 4.70. The fourth-order valence-electron chi connectivity index (χ4n) is 1.34. The van der Waals surface area contributed by atoms with Gasteiger partial charge in [-0.15, -0.1) is 0 Å². The minimum atomic E-state index is -4.63. The van der Waals surface area contributed by atoms with E-state index < -0.39 is 11.9 Å². The van der Waals surface area contributed by atoms with Crippen molar-refractivity contribution in [2.75, 3.05) is 5.73 Å². The van der Waals surface area contributed by atoms with Crippen molar-refractivity contribution in [2.24, 2.45) is 7.05 Å². The van der Waals surface area contributed by atoms with Crippen LogP contribution in [0.4, 0.5) is 19.1 Å². The van der Waals surface area contributed by atoms with Crippen LogP contribution in [0.3, 0.4) is 0 Å². The van der Waals surface area contributed by atoms with Gasteiger partial charge in [0.05, 0.1) is 5.56 Å². The van der Waals surface area contributed by atoms with Crippen molar-refractivity contribution < 1.29 is 17.7 Å². The zero-order valence-corrected chi connectivity index (χ0v) is 9.17. The Bertz CT molecular complexity index is 560. The summed E-state index contributed by atoms with van der Waals surface area (Å²) in [5.74, 6) is -0.104. The highest BCUT2D eigenvalue weighted by atomic mass is 35.5. The SMILES string of the molecule is Cn1nc(C(F)(F)F)c(-c2cc(N)on2)c1Cl. The summed E-state index contributed by atoms with van der Waals surface area (Å²) < 4.78 is 43.6. The second-order valence-corrected chi connectivity index (χ2v) is 3.61. The largest absolute Gasteiger partial charge is 0.435 e. The Balaban J connectivity index is 2.67. The summed E-state index contributed by atoms with van der Waals surface area (Å²) in [7, 11) is 1.30. The van der Waals surface area contributed by atoms with E-state index in [2.05, 4.69) is 14.8 Å². The number of nitrogens with two attached hydrogens (primary N) is 1. The molecule has 92 valence electrons. The van der Waals surface area contributed by atoms with Crippen LogP contribution in [-0.2, 0) is 13.2 Å². The summed E-state index contributed by atoms with van der Waals surface area (Å²) in [6.07, 6.45) is -4.63. The van der Waals surface area contributed by atoms with Crippen LogP contribution in [0.5, 0.6) is 0 Å². The van der Waals surface area contributed by atoms with Gasteiger partial charge >= 0.3 is 6.18 Å². The van der Waals surface area contributed by atoms with Crippen LogP contribution in [-0.4, -0.2) is 14.9 Å². The monoisotopic (exact) mass is 266 g/mol. The maximum Gasteiger partial charge on any atom is 0.435 e. The summed E-state index contributed by atoms with van der Waals surface area (Å²) in [4.78, 5) is 0. The number of anilines is 1. The molecule has 0 aromatic carbocycles. The zero-order valence-electron chi connectivity index (χ0n) is 8.42. The standard InChI is InChI=1S/C8H6ClF3N4O/c1-16-7(9)5(3-2-4(13)17-15-3)6(14-16)8(10,11)12/h2H,13H2,1H3. The van der Waals surface area contributed by atoms with E-state index in [4.69, 9.17) is 17.3 Å². The maximum atomic E-state index is 12.7. The van der Waals surface area contributed by atoms with Crippen molar-refractivity contribution in [3.8, 4) is 11.3 Å². The molecular weight excluding hydrogens is 261 g/mol. The number of nitrogen functional groups attached to an aromatic ring is 1. The van der Waals surface area contributed by atoms with Gasteiger partial charge in [-0.1, -0.05) is 16.8 Å². The van der Waals surface area contributed by atoms with Crippen LogP contribution >= 0.6 is 11.6 Å². The zero-order chi connectivity index (χ0) is 12.8. The summed E-state index contributed by atoms with van der Waals surface area (Å²) >= 11 is 5.74. The molecule has 0 radical (unpaired) electrons. The average molecular weight is 267 g/mol. The van der Waals surface area contributed by atoms with Gasteiger partial charge in [-0.05, 0) is 0 Å². The lowest BCUT2D eigenvalue weighted by molar-refractivity contribution is -0.141. The lowest BCUT2D eigenvalue weighted by Crippen LogP contribution is -2.08. The van der Waals surface area contributed by atoms with Crippen LogP contribution < -0.4 is 5.73 Å². The average Bonchev–Trinajstić information content (AvgIpc) is 2.72. The Kier molecular flexibility index (Phi) is 2.53. The number of aryl methyl sites for hydroxylation is 1. The first kappa shape index (κ1) is 11.8. The van der Waals surface area contributed by atoms with Crippen molar-refractivity contribution in [1.29, 1.82) is 0 Å². The Hall–Kier alpha value is -1.70. The minimum Gasteiger partial charge on any atom is -0.368 e. The van der Waals surface area contributed by atoms with E-state index in [9.17, 15) is 13.2 Å². The maximum absolute atomic E-state index is 12.7. The van der Waals surface area contributed by atoms with E-state index in [1.807, 2.05) is 0 Å². The second-order valence-electron chi connectivity index (χ2n) is 3.25. The van der Waals surface area contributed by atoms with E-state index in [0.717, 1.165) is 10.7 Å². The number of aromatic nitrogens is 3. The second kappa shape index (κ2) is 3.66. The first-order valence-electron chi connectivity index (χ1n) is 4.33. The van der Waals surface area contributed by atoms with Gasteiger partial charge in [-0.25, -0.2) is 0 Å². The van der Waals surface area contributed by atoms with Crippen molar-refractivity contribution in [2.45, 2.75) is 6.18 Å². The highest BCUT2D eigenvalue weighted by Crippen LogP contribution is 2.39. The van der Waals surface area contributed by atoms with Gasteiger partial charge in [0.2, 0.25) is 5.88 Å². The van der Waals surface area contributed by atoms with Crippen molar-refractivity contribution in [1.82, 2.24) is 14.9 Å². The molecule has 2 heterocycles. The van der Waals surface area contributed by atoms with Crippen LogP contribution in [0.25, 0.3) is 11.3 Å². The Morgan fingerprint density at radius 3 is 2.59 bits per heavy atom. The summed E-state index contributed by atoms with van der Waals surface area (Å²) in [5, 5.41) is 6.51. The third-order valence-corrected chi connectivity index (χ3v) is 2.46. The summed E-state index contributed by atoms with van der Waals surface area (Å²) in [6, 6.07) is 1.15. The van der Waals surface area contributed by atoms with Crippen LogP contribution in [0.15, 0.2) is 10.6 Å². The topological polar surface area (TPSA) is 69.9 Å². The Morgan fingerprint density at radius 2 is 2.12 bits per heavy atom. The first-order chi connectivity index (χ1) is 7.80. The number of halogens is 4. The van der Waals surface area contributed by atoms with E-state index in [1.165, 1.54) is 7.05 Å². The normalized spacial score (nSPS) is 12.1. The van der Waals surface area contributed by atoms with Crippen LogP contribution in [0.1, 0.15) is 5.69 Å². The lowest BCUT2D eigenvalue weighted by Gasteiger charge is -2.03. The van der Waals surface area contributed by atoms with E-state index in [0.29, 0.717) is 0 Å². The van der Waals surface area contributed by atoms with Gasteiger partial charge in [0.15, 0.2) is 5.69 Å². The predicted molar refractivity (Wildman–Crippen MR) is 53.1 cm³/mol. The molecule has 5 nitrogen and oxygen atoms in total. The molecule has 0 saturated carbocycles. The molecule has 9 heteroatoms. The molecule has 0 atom stereocenters. The molecule has 0 bridgehead atoms. The molecule has 0 unspecified atom stereocenters. The molecule has 0 aliphatic carbocycles. The highest BCUT2D eigenvalue weighted by Gasteiger charge is 2.40. The lowest BCUT2D eigenvalue weighted by atomic mass is 10.2. The van der Waals surface area contributed by atoms with Gasteiger partial charge in [0, 0.05) is 13.1 Å². The Morgan fingerprint density at radius 1 is 1.47 bits per heavy atom. The predicted octanol–water partition coefficient (Wildman–Crippen LogP) is 2.33. The minimum absolute atomic E-state index is 0.104. The quantitative estimate of drug-likeness (QED) is 0.860. The molecule has 0 amide bonds. The van der Waals surface area contributed by atoms with E-state index in [1.54, 1.807) is 0 Å². The fraction of sp³-hybridized carbons (Fsp3) is 0.250. The molecule has 17 heavy (non-hydrogen) atoms. The molecule has 2 aromatic heterocycles. The molecule has 0 spiro atoms. The number of alkyl halides is 3. The van der Waals surface area contributed by atoms with Gasteiger partial charge in [-0.3, -0.25) is 4.68 Å². The molecule has 2 rings (SSSR count). The molecule has 2 N–H and O–H groups in total. The molecule has 2 aromatic rings. The van der Waals surface area contributed by atoms with Gasteiger partial charge in [0.1, 0.15) is 10.8 Å². The fourth-order valence-corrected chi connectivity index (χ4v) is 1.56. The number of hydrogen-bond donors (Lipinski definition) is 1.